The van der Waals surface area contributed by atoms with E-state index in [-0.39, 0.29) is 12.1 Å². The Bertz CT molecular complexity index is 498. The number of methoxy groups -OCH3 is 1. The second-order valence-electron chi connectivity index (χ2n) is 5.64. The van der Waals surface area contributed by atoms with Crippen molar-refractivity contribution in [2.75, 3.05) is 25.1 Å². The fourth-order valence-corrected chi connectivity index (χ4v) is 2.83. The van der Waals surface area contributed by atoms with Gasteiger partial charge in [0.2, 0.25) is 0 Å². The van der Waals surface area contributed by atoms with Gasteiger partial charge in [0.25, 0.3) is 0 Å². The molecule has 1 heterocycles. The van der Waals surface area contributed by atoms with E-state index in [0.717, 1.165) is 50.2 Å². The van der Waals surface area contributed by atoms with Crippen molar-refractivity contribution in [2.24, 2.45) is 0 Å². The number of ether oxygens (including phenoxy) is 1. The Hall–Kier alpha value is -1.97. The van der Waals surface area contributed by atoms with Crippen LogP contribution in [0, 0.1) is 0 Å². The first-order valence-corrected chi connectivity index (χ1v) is 8.06. The summed E-state index contributed by atoms with van der Waals surface area (Å²) in [5.74, 6) is 0.795. The maximum atomic E-state index is 12.9. The van der Waals surface area contributed by atoms with Crippen LogP contribution in [0.3, 0.4) is 0 Å². The molecule has 4 nitrogen and oxygen atoms in total. The molecule has 22 heavy (non-hydrogen) atoms. The number of anilines is 1. The van der Waals surface area contributed by atoms with Crippen LogP contribution in [0.1, 0.15) is 32.6 Å². The van der Waals surface area contributed by atoms with E-state index in [1.54, 1.807) is 7.11 Å². The molecule has 1 aliphatic rings. The SMILES string of the molecule is C=CC1CCCN(CCCC)C(=O)N1c1ccc(OC)cc1. The molecule has 0 aromatic heterocycles. The monoisotopic (exact) mass is 302 g/mol. The molecular formula is C18H26N2O2. The van der Waals surface area contributed by atoms with Crippen molar-refractivity contribution in [3.8, 4) is 5.75 Å². The highest BCUT2D eigenvalue weighted by Crippen LogP contribution is 2.27. The zero-order valence-corrected chi connectivity index (χ0v) is 13.6. The number of carbonyl (C=O) groups is 1. The van der Waals surface area contributed by atoms with E-state index < -0.39 is 0 Å². The van der Waals surface area contributed by atoms with Crippen LogP contribution >= 0.6 is 0 Å². The van der Waals surface area contributed by atoms with Gasteiger partial charge in [0.1, 0.15) is 5.75 Å². The minimum Gasteiger partial charge on any atom is -0.497 e. The fourth-order valence-electron chi connectivity index (χ4n) is 2.83. The molecule has 0 spiro atoms. The molecule has 0 N–H and O–H groups in total. The van der Waals surface area contributed by atoms with Crippen molar-refractivity contribution < 1.29 is 9.53 Å². The normalized spacial score (nSPS) is 19.0. The number of amides is 2. The molecular weight excluding hydrogens is 276 g/mol. The summed E-state index contributed by atoms with van der Waals surface area (Å²) in [5.41, 5.74) is 0.902. The van der Waals surface area contributed by atoms with Crippen LogP contribution in [-0.2, 0) is 0 Å². The quantitative estimate of drug-likeness (QED) is 0.742. The van der Waals surface area contributed by atoms with Gasteiger partial charge in [0, 0.05) is 18.8 Å². The molecule has 1 atom stereocenters. The Labute approximate surface area is 133 Å². The van der Waals surface area contributed by atoms with E-state index in [9.17, 15) is 4.79 Å². The van der Waals surface area contributed by atoms with Gasteiger partial charge >= 0.3 is 6.03 Å². The molecule has 120 valence electrons. The number of hydrogen-bond acceptors (Lipinski definition) is 2. The Morgan fingerprint density at radius 2 is 2.09 bits per heavy atom. The van der Waals surface area contributed by atoms with Gasteiger partial charge in [-0.1, -0.05) is 19.4 Å². The number of unbranched alkanes of at least 4 members (excludes halogenated alkanes) is 1. The van der Waals surface area contributed by atoms with Gasteiger partial charge in [-0.15, -0.1) is 6.58 Å². The van der Waals surface area contributed by atoms with E-state index in [4.69, 9.17) is 4.74 Å². The predicted octanol–water partition coefficient (Wildman–Crippen LogP) is 4.07. The van der Waals surface area contributed by atoms with Crippen LogP contribution in [-0.4, -0.2) is 37.2 Å². The van der Waals surface area contributed by atoms with Gasteiger partial charge in [-0.25, -0.2) is 4.79 Å². The molecule has 0 bridgehead atoms. The first kappa shape index (κ1) is 16.4. The second kappa shape index (κ2) is 7.87. The molecule has 1 aromatic carbocycles. The summed E-state index contributed by atoms with van der Waals surface area (Å²) in [7, 11) is 1.64. The van der Waals surface area contributed by atoms with Gasteiger partial charge in [0.05, 0.1) is 13.2 Å². The van der Waals surface area contributed by atoms with Crippen molar-refractivity contribution in [1.82, 2.24) is 4.90 Å². The molecule has 0 radical (unpaired) electrons. The lowest BCUT2D eigenvalue weighted by atomic mass is 10.1. The van der Waals surface area contributed by atoms with Crippen LogP contribution in [0.15, 0.2) is 36.9 Å². The van der Waals surface area contributed by atoms with Crippen LogP contribution < -0.4 is 9.64 Å². The minimum atomic E-state index is 0.0486. The van der Waals surface area contributed by atoms with Gasteiger partial charge in [-0.05, 0) is 43.5 Å². The molecule has 1 aromatic rings. The fraction of sp³-hybridized carbons (Fsp3) is 0.500. The Morgan fingerprint density at radius 1 is 1.36 bits per heavy atom. The van der Waals surface area contributed by atoms with Gasteiger partial charge in [0.15, 0.2) is 0 Å². The summed E-state index contributed by atoms with van der Waals surface area (Å²) in [6.45, 7) is 7.72. The van der Waals surface area contributed by atoms with Crippen LogP contribution in [0.25, 0.3) is 0 Å². The lowest BCUT2D eigenvalue weighted by Gasteiger charge is -2.31. The highest BCUT2D eigenvalue weighted by Gasteiger charge is 2.30. The Morgan fingerprint density at radius 3 is 2.68 bits per heavy atom. The number of nitrogens with zero attached hydrogens (tertiary/aromatic N) is 2. The van der Waals surface area contributed by atoms with E-state index >= 15 is 0 Å². The van der Waals surface area contributed by atoms with Crippen LogP contribution in [0.5, 0.6) is 5.75 Å². The molecule has 1 unspecified atom stereocenters. The third-order valence-corrected chi connectivity index (χ3v) is 4.14. The topological polar surface area (TPSA) is 32.8 Å². The summed E-state index contributed by atoms with van der Waals surface area (Å²) in [4.78, 5) is 16.8. The molecule has 1 aliphatic heterocycles. The van der Waals surface area contributed by atoms with Gasteiger partial charge in [-0.2, -0.15) is 0 Å². The van der Waals surface area contributed by atoms with Gasteiger partial charge < -0.3 is 9.64 Å². The summed E-state index contributed by atoms with van der Waals surface area (Å²) in [5, 5.41) is 0. The maximum absolute atomic E-state index is 12.9. The number of benzene rings is 1. The molecule has 0 saturated carbocycles. The minimum absolute atomic E-state index is 0.0486. The first-order valence-electron chi connectivity index (χ1n) is 8.06. The standard InChI is InChI=1S/C18H26N2O2/c1-4-6-13-19-14-7-8-15(5-2)20(18(19)21)16-9-11-17(22-3)12-10-16/h5,9-12,15H,2,4,6-8,13-14H2,1,3H3. The van der Waals surface area contributed by atoms with Crippen molar-refractivity contribution in [3.05, 3.63) is 36.9 Å². The third-order valence-electron chi connectivity index (χ3n) is 4.14. The van der Waals surface area contributed by atoms with Gasteiger partial charge in [-0.3, -0.25) is 4.90 Å². The summed E-state index contributed by atoms with van der Waals surface area (Å²) in [6, 6.07) is 7.80. The number of rotatable bonds is 6. The number of urea groups is 1. The highest BCUT2D eigenvalue weighted by molar-refractivity contribution is 5.93. The molecule has 2 amide bonds. The second-order valence-corrected chi connectivity index (χ2v) is 5.64. The number of hydrogen-bond donors (Lipinski definition) is 0. The molecule has 4 heteroatoms. The molecule has 0 aliphatic carbocycles. The van der Waals surface area contributed by atoms with E-state index in [1.165, 1.54) is 0 Å². The number of carbonyl (C=O) groups excluding carboxylic acids is 1. The average molecular weight is 302 g/mol. The van der Waals surface area contributed by atoms with Crippen LogP contribution in [0.2, 0.25) is 0 Å². The average Bonchev–Trinajstić information content (AvgIpc) is 2.71. The lowest BCUT2D eigenvalue weighted by molar-refractivity contribution is 0.207. The smallest absolute Gasteiger partial charge is 0.325 e. The van der Waals surface area contributed by atoms with Crippen molar-refractivity contribution in [3.63, 3.8) is 0 Å². The summed E-state index contributed by atoms with van der Waals surface area (Å²) < 4.78 is 5.20. The van der Waals surface area contributed by atoms with Crippen LogP contribution in [0.4, 0.5) is 10.5 Å². The van der Waals surface area contributed by atoms with E-state index in [2.05, 4.69) is 13.5 Å². The highest BCUT2D eigenvalue weighted by atomic mass is 16.5. The molecule has 1 saturated heterocycles. The summed E-state index contributed by atoms with van der Waals surface area (Å²) in [6.07, 6.45) is 5.98. The van der Waals surface area contributed by atoms with Crippen molar-refractivity contribution >= 4 is 11.7 Å². The zero-order chi connectivity index (χ0) is 15.9. The first-order chi connectivity index (χ1) is 10.7. The maximum Gasteiger partial charge on any atom is 0.325 e. The summed E-state index contributed by atoms with van der Waals surface area (Å²) >= 11 is 0. The molecule has 2 rings (SSSR count). The Balaban J connectivity index is 2.27. The van der Waals surface area contributed by atoms with E-state index in [1.807, 2.05) is 40.1 Å². The largest absolute Gasteiger partial charge is 0.497 e. The predicted molar refractivity (Wildman–Crippen MR) is 90.6 cm³/mol. The van der Waals surface area contributed by atoms with Crippen molar-refractivity contribution in [2.45, 2.75) is 38.6 Å². The zero-order valence-electron chi connectivity index (χ0n) is 13.6. The van der Waals surface area contributed by atoms with E-state index in [0.29, 0.717) is 0 Å². The Kier molecular flexibility index (Phi) is 5.87. The molecule has 1 fully saturated rings. The van der Waals surface area contributed by atoms with Crippen molar-refractivity contribution in [1.29, 1.82) is 0 Å². The lowest BCUT2D eigenvalue weighted by Crippen LogP contribution is -2.45. The third kappa shape index (κ3) is 3.62.